The van der Waals surface area contributed by atoms with Gasteiger partial charge in [0.25, 0.3) is 17.7 Å². The number of carboxylic acids is 1. The molecule has 2 aromatic carbocycles. The van der Waals surface area contributed by atoms with E-state index in [2.05, 4.69) is 30.9 Å². The Bertz CT molecular complexity index is 3890. The Hall–Kier alpha value is -8.09. The molecule has 10 bridgehead atoms. The molecule has 9 N–H and O–H groups in total. The van der Waals surface area contributed by atoms with E-state index < -0.39 is 84.2 Å². The van der Waals surface area contributed by atoms with Crippen molar-refractivity contribution in [3.63, 3.8) is 0 Å². The average Bonchev–Trinajstić information content (AvgIpc) is 4.47. The summed E-state index contributed by atoms with van der Waals surface area (Å²) in [6.07, 6.45) is -2.82. The van der Waals surface area contributed by atoms with Crippen LogP contribution in [0.25, 0.3) is 43.4 Å². The largest absolute Gasteiger partial charge is 0.508 e. The van der Waals surface area contributed by atoms with Crippen molar-refractivity contribution >= 4 is 104 Å². The maximum atomic E-state index is 15.1. The summed E-state index contributed by atoms with van der Waals surface area (Å²) < 4.78 is 0. The zero-order valence-corrected chi connectivity index (χ0v) is 47.1. The molecule has 9 heterocycles. The Kier molecular flexibility index (Phi) is 15.4. The lowest BCUT2D eigenvalue weighted by molar-refractivity contribution is -0.134. The lowest BCUT2D eigenvalue weighted by Crippen LogP contribution is -2.50. The van der Waals surface area contributed by atoms with E-state index in [1.165, 1.54) is 55.8 Å². The van der Waals surface area contributed by atoms with E-state index in [0.29, 0.717) is 64.4 Å². The first-order valence-electron chi connectivity index (χ1n) is 24.7. The number of aliphatic hydroxyl groups is 2. The summed E-state index contributed by atoms with van der Waals surface area (Å²) >= 11 is 6.76. The third kappa shape index (κ3) is 11.4. The third-order valence-corrected chi connectivity index (χ3v) is 19.0. The first-order chi connectivity index (χ1) is 39.0. The van der Waals surface area contributed by atoms with Crippen LogP contribution in [0.4, 0.5) is 0 Å². The van der Waals surface area contributed by atoms with E-state index in [1.54, 1.807) is 72.3 Å². The van der Waals surface area contributed by atoms with Crippen molar-refractivity contribution in [3.8, 4) is 49.1 Å². The molecule has 11 rings (SSSR count). The number of aryl methyl sites for hydroxylation is 1. The second-order valence-corrected chi connectivity index (χ2v) is 24.5. The third-order valence-electron chi connectivity index (χ3n) is 13.4. The monoisotopic (exact) mass is 1200 g/mol. The van der Waals surface area contributed by atoms with E-state index in [9.17, 15) is 44.4 Å². The highest BCUT2D eigenvalue weighted by molar-refractivity contribution is 7.15. The lowest BCUT2D eigenvalue weighted by Gasteiger charge is -2.29. The van der Waals surface area contributed by atoms with Crippen molar-refractivity contribution in [1.29, 1.82) is 0 Å². The number of aromatic carboxylic acids is 1. The molecule has 28 heteroatoms. The number of phenolic OH excluding ortho intramolecular Hbond substituents is 1. The minimum Gasteiger partial charge on any atom is -0.508 e. The highest BCUT2D eigenvalue weighted by Gasteiger charge is 2.45. The van der Waals surface area contributed by atoms with Gasteiger partial charge >= 0.3 is 5.97 Å². The maximum Gasteiger partial charge on any atom is 0.355 e. The summed E-state index contributed by atoms with van der Waals surface area (Å²) in [7, 11) is 0. The lowest BCUT2D eigenvalue weighted by atomic mass is 10.00. The number of hydrogen-bond acceptors (Lipinski definition) is 22. The number of nitrogens with one attached hydrogen (secondary N) is 3. The van der Waals surface area contributed by atoms with Gasteiger partial charge in [-0.25, -0.2) is 39.7 Å². The molecule has 5 amide bonds. The number of carbonyl (C=O) groups excluding carboxylic acids is 5. The minimum absolute atomic E-state index is 0.00524. The highest BCUT2D eigenvalue weighted by Crippen LogP contribution is 2.43. The number of rotatable bonds is 8. The molecular formula is C53H44N12O10S6. The summed E-state index contributed by atoms with van der Waals surface area (Å²) in [6, 6.07) is 13.7. The van der Waals surface area contributed by atoms with Gasteiger partial charge in [-0.1, -0.05) is 49.4 Å². The predicted octanol–water partition coefficient (Wildman–Crippen LogP) is 6.99. The van der Waals surface area contributed by atoms with E-state index in [-0.39, 0.29) is 51.5 Å². The molecular weight excluding hydrogens is 1160 g/mol. The number of thiazole rings is 6. The molecule has 0 spiro atoms. The number of phenols is 1. The molecule has 81 heavy (non-hydrogen) atoms. The van der Waals surface area contributed by atoms with Gasteiger partial charge in [-0.2, -0.15) is 0 Å². The molecule has 9 aromatic rings. The molecule has 1 saturated heterocycles. The van der Waals surface area contributed by atoms with Gasteiger partial charge in [-0.15, -0.1) is 68.0 Å². The maximum absolute atomic E-state index is 15.1. The standard InChI is InChI=1S/C53H44N12O10S6/c1-22-36(67)16-65-41(22)51-61-34(20-80-51)48-58-31(17-77-48)39-27(12-13-28(55-39)47-62-35(21-78-47)53(74)75)46-59-32(18-76-46)43(70)56-29(15-37(54)68)49-64-38(23(2)81-49)45(72)63-40(42(69)25-6-4-3-5-7-25)50-60-33(19-79-50)44(71)57-30(52(65)73)14-24-8-10-26(66)11-9-24/h3-13,17-22,29-30,36,40-42,66-67,69H,14-16H2,1-2H3,(H2,54,68)(H,56,70)(H,57,71)(H,63,72)(H,74,75)/t22-,29-,30-,36-,40-,41-,42+/m0/s1. The number of pyridine rings is 1. The van der Waals surface area contributed by atoms with Crippen LogP contribution < -0.4 is 21.7 Å². The fraction of sp³-hybridized carbons (Fsp3) is 0.226. The summed E-state index contributed by atoms with van der Waals surface area (Å²) in [5, 5.41) is 61.5. The molecule has 7 aromatic heterocycles. The Labute approximate surface area is 483 Å². The fourth-order valence-electron chi connectivity index (χ4n) is 9.29. The van der Waals surface area contributed by atoms with Crippen molar-refractivity contribution in [3.05, 3.63) is 147 Å². The Morgan fingerprint density at radius 1 is 0.679 bits per heavy atom. The van der Waals surface area contributed by atoms with E-state index in [1.807, 2.05) is 6.92 Å². The van der Waals surface area contributed by atoms with E-state index in [4.69, 9.17) is 25.7 Å². The molecule has 22 nitrogen and oxygen atoms in total. The Morgan fingerprint density at radius 3 is 2.06 bits per heavy atom. The summed E-state index contributed by atoms with van der Waals surface area (Å²) in [5.74, 6) is -5.23. The number of aromatic nitrogens is 7. The first-order valence-corrected chi connectivity index (χ1v) is 29.9. The molecule has 0 aliphatic carbocycles. The van der Waals surface area contributed by atoms with Crippen LogP contribution in [0.3, 0.4) is 0 Å². The second kappa shape index (κ2) is 22.8. The summed E-state index contributed by atoms with van der Waals surface area (Å²) in [5.41, 5.74) is 8.26. The van der Waals surface area contributed by atoms with Gasteiger partial charge in [0.2, 0.25) is 11.8 Å². The van der Waals surface area contributed by atoms with Crippen LogP contribution in [-0.2, 0) is 16.0 Å². The molecule has 7 atom stereocenters. The first kappa shape index (κ1) is 54.8. The zero-order valence-electron chi connectivity index (χ0n) is 42.2. The molecule has 1 fully saturated rings. The fourth-order valence-corrected chi connectivity index (χ4v) is 14.6. The predicted molar refractivity (Wildman–Crippen MR) is 303 cm³/mol. The minimum atomic E-state index is -1.41. The van der Waals surface area contributed by atoms with Crippen molar-refractivity contribution < 1.29 is 49.2 Å². The SMILES string of the molecule is Cc1sc2nc1C(=O)N[C@@H]([C@H](O)c1ccccc1)c1nc(cs1)C(=O)N[C@@H](Cc1ccc(O)cc1)C(=O)N1C[C@H](O)[C@H](C)[C@H]1c1nc(cs1)-c1nc(cs1)-c1nc(-c3nc(C(=O)O)cs3)ccc1-c1nc(cs1)C(=O)N[C@H]2CC(N)=O. The van der Waals surface area contributed by atoms with Gasteiger partial charge in [-0.3, -0.25) is 24.0 Å². The highest BCUT2D eigenvalue weighted by atomic mass is 32.1. The molecule has 412 valence electrons. The molecule has 0 saturated carbocycles. The molecule has 0 unspecified atom stereocenters. The van der Waals surface area contributed by atoms with Gasteiger partial charge in [0.15, 0.2) is 5.69 Å². The van der Waals surface area contributed by atoms with Crippen LogP contribution in [0.1, 0.15) is 111 Å². The van der Waals surface area contributed by atoms with Crippen LogP contribution in [0.5, 0.6) is 5.75 Å². The van der Waals surface area contributed by atoms with Crippen molar-refractivity contribution in [2.45, 2.75) is 63.1 Å². The van der Waals surface area contributed by atoms with Crippen LogP contribution in [0, 0.1) is 12.8 Å². The number of carboxylic acid groups (broad SMARTS) is 1. The van der Waals surface area contributed by atoms with Gasteiger partial charge < -0.3 is 47.0 Å². The Balaban J connectivity index is 1.02. The Morgan fingerprint density at radius 2 is 1.32 bits per heavy atom. The smallest absolute Gasteiger partial charge is 0.355 e. The quantitative estimate of drug-likeness (QED) is 0.0760. The number of fused-ring (bicyclic) bond motifs is 16. The number of aliphatic hydroxyl groups excluding tert-OH is 2. The second-order valence-electron chi connectivity index (χ2n) is 18.9. The number of amides is 5. The van der Waals surface area contributed by atoms with Crippen molar-refractivity contribution in [2.24, 2.45) is 11.7 Å². The van der Waals surface area contributed by atoms with Gasteiger partial charge in [0, 0.05) is 56.2 Å². The van der Waals surface area contributed by atoms with E-state index in [0.717, 1.165) is 45.3 Å². The zero-order chi connectivity index (χ0) is 56.8. The van der Waals surface area contributed by atoms with Gasteiger partial charge in [0.1, 0.15) is 88.1 Å². The topological polar surface area (TPSA) is 339 Å². The van der Waals surface area contributed by atoms with Gasteiger partial charge in [0.05, 0.1) is 30.3 Å². The van der Waals surface area contributed by atoms with Crippen molar-refractivity contribution in [1.82, 2.24) is 55.7 Å². The number of benzene rings is 2. The van der Waals surface area contributed by atoms with E-state index >= 15 is 4.79 Å². The van der Waals surface area contributed by atoms with Gasteiger partial charge in [-0.05, 0) is 42.3 Å². The molecule has 2 aliphatic heterocycles. The van der Waals surface area contributed by atoms with Crippen LogP contribution in [0.15, 0.2) is 93.6 Å². The molecule has 0 radical (unpaired) electrons. The number of primary amides is 1. The number of carbonyl (C=O) groups is 6. The number of nitrogens with two attached hydrogens (primary N) is 1. The normalized spacial score (nSPS) is 20.0. The molecule has 2 aliphatic rings. The van der Waals surface area contributed by atoms with Crippen LogP contribution in [-0.4, -0.2) is 114 Å². The average molecular weight is 1200 g/mol. The van der Waals surface area contributed by atoms with Crippen molar-refractivity contribution in [2.75, 3.05) is 6.54 Å². The number of hydrogen-bond donors (Lipinski definition) is 8. The van der Waals surface area contributed by atoms with Crippen LogP contribution >= 0.6 is 68.0 Å². The number of nitrogens with zero attached hydrogens (tertiary/aromatic N) is 8. The summed E-state index contributed by atoms with van der Waals surface area (Å²) in [6.45, 7) is 3.34. The van der Waals surface area contributed by atoms with Crippen LogP contribution in [0.2, 0.25) is 0 Å². The summed E-state index contributed by atoms with van der Waals surface area (Å²) in [4.78, 5) is 117. The number of aromatic hydroxyl groups is 1.